The maximum Gasteiger partial charge on any atom is 0.0629 e. The van der Waals surface area contributed by atoms with Crippen molar-refractivity contribution in [3.8, 4) is 0 Å². The molecule has 0 fully saturated rings. The Hall–Kier alpha value is -2.48. The molecule has 0 saturated heterocycles. The molecule has 0 unspecified atom stereocenters. The Labute approximate surface area is 107 Å². The van der Waals surface area contributed by atoms with E-state index in [9.17, 15) is 0 Å². The number of nitrogens with zero attached hydrogens (tertiary/aromatic N) is 2. The van der Waals surface area contributed by atoms with Crippen molar-refractivity contribution in [2.24, 2.45) is 0 Å². The highest BCUT2D eigenvalue weighted by Gasteiger charge is 1.82. The monoisotopic (exact) mass is 234 g/mol. The lowest BCUT2D eigenvalue weighted by Gasteiger charge is -1.88. The fourth-order valence-electron chi connectivity index (χ4n) is 1.39. The van der Waals surface area contributed by atoms with Crippen LogP contribution >= 0.6 is 0 Å². The van der Waals surface area contributed by atoms with Crippen LogP contribution in [0.25, 0.3) is 12.2 Å². The third-order valence-electron chi connectivity index (χ3n) is 2.24. The van der Waals surface area contributed by atoms with E-state index in [-0.39, 0.29) is 0 Å². The fraction of sp³-hybridized carbons (Fsp3) is 0. The van der Waals surface area contributed by atoms with Crippen LogP contribution in [0.1, 0.15) is 11.4 Å². The molecule has 0 N–H and O–H groups in total. The summed E-state index contributed by atoms with van der Waals surface area (Å²) in [4.78, 5) is 8.39. The second-order valence-electron chi connectivity index (χ2n) is 3.61. The molecule has 0 saturated carbocycles. The number of aromatic nitrogens is 2. The molecule has 18 heavy (non-hydrogen) atoms. The summed E-state index contributed by atoms with van der Waals surface area (Å²) < 4.78 is 0. The normalized spacial score (nSPS) is 11.8. The number of pyridine rings is 2. The molecule has 0 aliphatic rings. The summed E-state index contributed by atoms with van der Waals surface area (Å²) in [5, 5.41) is 0. The standard InChI is InChI=1S/C16H14N2/c1(3-9-15-11-5-7-13-17-15)2-4-10-16-12-6-8-14-18-16/h1-14H. The summed E-state index contributed by atoms with van der Waals surface area (Å²) in [5.74, 6) is 0. The van der Waals surface area contributed by atoms with E-state index in [1.165, 1.54) is 0 Å². The molecule has 0 amide bonds. The molecule has 0 radical (unpaired) electrons. The quantitative estimate of drug-likeness (QED) is 0.753. The van der Waals surface area contributed by atoms with Crippen LogP contribution in [0.2, 0.25) is 0 Å². The summed E-state index contributed by atoms with van der Waals surface area (Å²) in [6.45, 7) is 0. The highest BCUT2D eigenvalue weighted by atomic mass is 14.7. The summed E-state index contributed by atoms with van der Waals surface area (Å²) >= 11 is 0. The highest BCUT2D eigenvalue weighted by molar-refractivity contribution is 5.49. The van der Waals surface area contributed by atoms with Crippen LogP contribution in [-0.4, -0.2) is 9.97 Å². The maximum absolute atomic E-state index is 4.20. The van der Waals surface area contributed by atoms with E-state index in [4.69, 9.17) is 0 Å². The average molecular weight is 234 g/mol. The van der Waals surface area contributed by atoms with Gasteiger partial charge in [0.05, 0.1) is 11.4 Å². The first kappa shape index (κ1) is 12.0. The van der Waals surface area contributed by atoms with Gasteiger partial charge in [0.15, 0.2) is 0 Å². The molecule has 2 rings (SSSR count). The summed E-state index contributed by atoms with van der Waals surface area (Å²) in [6.07, 6.45) is 15.4. The Morgan fingerprint density at radius 1 is 0.611 bits per heavy atom. The van der Waals surface area contributed by atoms with E-state index < -0.39 is 0 Å². The van der Waals surface area contributed by atoms with Crippen LogP contribution in [0.4, 0.5) is 0 Å². The van der Waals surface area contributed by atoms with Gasteiger partial charge in [-0.3, -0.25) is 9.97 Å². The van der Waals surface area contributed by atoms with Crippen molar-refractivity contribution in [2.75, 3.05) is 0 Å². The van der Waals surface area contributed by atoms with Crippen molar-refractivity contribution >= 4 is 12.2 Å². The lowest BCUT2D eigenvalue weighted by atomic mass is 10.3. The zero-order chi connectivity index (χ0) is 12.5. The van der Waals surface area contributed by atoms with Crippen LogP contribution in [-0.2, 0) is 0 Å². The largest absolute Gasteiger partial charge is 0.257 e. The van der Waals surface area contributed by atoms with Crippen molar-refractivity contribution in [3.63, 3.8) is 0 Å². The number of rotatable bonds is 4. The predicted octanol–water partition coefficient (Wildman–Crippen LogP) is 3.76. The first-order valence-corrected chi connectivity index (χ1v) is 5.78. The van der Waals surface area contributed by atoms with Gasteiger partial charge in [-0.05, 0) is 36.4 Å². The van der Waals surface area contributed by atoms with Crippen molar-refractivity contribution in [1.29, 1.82) is 0 Å². The Balaban J connectivity index is 1.86. The third-order valence-corrected chi connectivity index (χ3v) is 2.24. The molecule has 0 spiro atoms. The summed E-state index contributed by atoms with van der Waals surface area (Å²) in [7, 11) is 0. The molecular formula is C16H14N2. The summed E-state index contributed by atoms with van der Waals surface area (Å²) in [6, 6.07) is 11.7. The summed E-state index contributed by atoms with van der Waals surface area (Å²) in [5.41, 5.74) is 1.91. The first-order chi connectivity index (χ1) is 8.95. The van der Waals surface area contributed by atoms with Gasteiger partial charge in [-0.2, -0.15) is 0 Å². The second kappa shape index (κ2) is 6.97. The van der Waals surface area contributed by atoms with Crippen molar-refractivity contribution in [3.05, 3.63) is 84.5 Å². The van der Waals surface area contributed by atoms with E-state index in [0.717, 1.165) is 11.4 Å². The topological polar surface area (TPSA) is 25.8 Å². The molecule has 88 valence electrons. The first-order valence-electron chi connectivity index (χ1n) is 5.78. The van der Waals surface area contributed by atoms with Crippen LogP contribution in [0.5, 0.6) is 0 Å². The van der Waals surface area contributed by atoms with Gasteiger partial charge in [0.2, 0.25) is 0 Å². The second-order valence-corrected chi connectivity index (χ2v) is 3.61. The molecular weight excluding hydrogens is 220 g/mol. The maximum atomic E-state index is 4.20. The Morgan fingerprint density at radius 3 is 1.50 bits per heavy atom. The number of hydrogen-bond acceptors (Lipinski definition) is 2. The number of allylic oxidation sites excluding steroid dienone is 4. The van der Waals surface area contributed by atoms with Crippen LogP contribution in [0.3, 0.4) is 0 Å². The van der Waals surface area contributed by atoms with Gasteiger partial charge in [-0.1, -0.05) is 36.4 Å². The van der Waals surface area contributed by atoms with Gasteiger partial charge in [0.1, 0.15) is 0 Å². The number of hydrogen-bond donors (Lipinski definition) is 0. The van der Waals surface area contributed by atoms with Crippen LogP contribution < -0.4 is 0 Å². The minimum atomic E-state index is 0.954. The van der Waals surface area contributed by atoms with Gasteiger partial charge in [-0.25, -0.2) is 0 Å². The third kappa shape index (κ3) is 4.18. The average Bonchev–Trinajstić information content (AvgIpc) is 2.45. The highest BCUT2D eigenvalue weighted by Crippen LogP contribution is 1.98. The Bertz CT molecular complexity index is 488. The van der Waals surface area contributed by atoms with E-state index in [2.05, 4.69) is 9.97 Å². The van der Waals surface area contributed by atoms with Crippen molar-refractivity contribution < 1.29 is 0 Å². The zero-order valence-electron chi connectivity index (χ0n) is 9.98. The van der Waals surface area contributed by atoms with E-state index >= 15 is 0 Å². The van der Waals surface area contributed by atoms with Gasteiger partial charge < -0.3 is 0 Å². The molecule has 2 nitrogen and oxygen atoms in total. The van der Waals surface area contributed by atoms with Crippen molar-refractivity contribution in [2.45, 2.75) is 0 Å². The van der Waals surface area contributed by atoms with Crippen LogP contribution in [0.15, 0.2) is 73.1 Å². The minimum Gasteiger partial charge on any atom is -0.257 e. The SMILES string of the molecule is C(=CC=Cc1ccccn1)C=Cc1ccccn1. The van der Waals surface area contributed by atoms with Gasteiger partial charge in [0.25, 0.3) is 0 Å². The molecule has 0 bridgehead atoms. The molecule has 0 aliphatic carbocycles. The van der Waals surface area contributed by atoms with Crippen molar-refractivity contribution in [1.82, 2.24) is 9.97 Å². The lowest BCUT2D eigenvalue weighted by Crippen LogP contribution is -1.75. The van der Waals surface area contributed by atoms with Crippen LogP contribution in [0, 0.1) is 0 Å². The zero-order valence-corrected chi connectivity index (χ0v) is 9.98. The molecule has 0 atom stereocenters. The molecule has 2 aromatic rings. The van der Waals surface area contributed by atoms with E-state index in [1.807, 2.05) is 72.9 Å². The van der Waals surface area contributed by atoms with Gasteiger partial charge >= 0.3 is 0 Å². The van der Waals surface area contributed by atoms with E-state index in [1.54, 1.807) is 12.4 Å². The minimum absolute atomic E-state index is 0.954. The fourth-order valence-corrected chi connectivity index (χ4v) is 1.39. The molecule has 2 aromatic heterocycles. The molecule has 0 aliphatic heterocycles. The van der Waals surface area contributed by atoms with Gasteiger partial charge in [-0.15, -0.1) is 0 Å². The predicted molar refractivity (Wildman–Crippen MR) is 75.7 cm³/mol. The molecule has 0 aromatic carbocycles. The van der Waals surface area contributed by atoms with E-state index in [0.29, 0.717) is 0 Å². The smallest absolute Gasteiger partial charge is 0.0629 e. The lowest BCUT2D eigenvalue weighted by molar-refractivity contribution is 1.30. The Morgan fingerprint density at radius 2 is 1.11 bits per heavy atom. The molecule has 2 heterocycles. The Kier molecular flexibility index (Phi) is 4.64. The molecule has 2 heteroatoms. The van der Waals surface area contributed by atoms with Gasteiger partial charge in [0, 0.05) is 12.4 Å².